The van der Waals surface area contributed by atoms with Crippen molar-refractivity contribution < 1.29 is 42.0 Å². The summed E-state index contributed by atoms with van der Waals surface area (Å²) in [5, 5.41) is 12.3. The van der Waals surface area contributed by atoms with Crippen LogP contribution in [0.1, 0.15) is 43.7 Å². The van der Waals surface area contributed by atoms with Gasteiger partial charge in [0.1, 0.15) is 24.2 Å². The second-order valence-corrected chi connectivity index (χ2v) is 12.9. The number of alkyl carbamates (subject to hydrolysis) is 1. The number of hydrogen-bond donors (Lipinski definition) is 2. The standard InChI is InChI=1S/C31H44N2O9S/c1-4-39-15-16-41-26-7-5-23(6-8-26)17-25(32-31(35)42-29-21-40-20-24(29)12-14-34)11-13-33-19-22(2)28-18-27(38-3)9-10-30(28)43(33,36)37/h5-10,18,22,24-25,29,34H,4,11-17,19-21H2,1-3H3,(H,32,35)/t22?,24-,25-,29?/m1/s1. The normalized spacial score (nSPS) is 22.0. The molecule has 1 saturated heterocycles. The molecule has 2 unspecified atom stereocenters. The number of methoxy groups -OCH3 is 1. The van der Waals surface area contributed by atoms with Gasteiger partial charge in [-0.1, -0.05) is 19.1 Å². The zero-order valence-corrected chi connectivity index (χ0v) is 26.0. The number of aliphatic hydroxyl groups is 1. The first-order chi connectivity index (χ1) is 20.7. The number of hydrogen-bond acceptors (Lipinski definition) is 9. The molecule has 0 bridgehead atoms. The number of amides is 1. The maximum absolute atomic E-state index is 13.6. The van der Waals surface area contributed by atoms with Crippen LogP contribution in [0.4, 0.5) is 4.79 Å². The zero-order valence-electron chi connectivity index (χ0n) is 25.2. The molecule has 2 heterocycles. The number of ether oxygens (including phenoxy) is 5. The molecule has 4 rings (SSSR count). The van der Waals surface area contributed by atoms with E-state index in [1.807, 2.05) is 38.1 Å². The molecule has 0 spiro atoms. The third kappa shape index (κ3) is 8.82. The fourth-order valence-corrected chi connectivity index (χ4v) is 7.34. The Morgan fingerprint density at radius 2 is 1.91 bits per heavy atom. The minimum absolute atomic E-state index is 0.0118. The second kappa shape index (κ2) is 15.7. The molecule has 4 atom stereocenters. The monoisotopic (exact) mass is 620 g/mol. The van der Waals surface area contributed by atoms with Crippen molar-refractivity contribution in [3.63, 3.8) is 0 Å². The number of nitrogens with one attached hydrogen (secondary N) is 1. The number of aliphatic hydroxyl groups excluding tert-OH is 1. The molecule has 2 aromatic rings. The summed E-state index contributed by atoms with van der Waals surface area (Å²) in [7, 11) is -2.16. The van der Waals surface area contributed by atoms with Crippen molar-refractivity contribution in [1.29, 1.82) is 0 Å². The maximum Gasteiger partial charge on any atom is 0.407 e. The Morgan fingerprint density at radius 1 is 1.14 bits per heavy atom. The van der Waals surface area contributed by atoms with E-state index in [1.165, 1.54) is 4.31 Å². The van der Waals surface area contributed by atoms with Crippen LogP contribution in [-0.2, 0) is 30.7 Å². The fourth-order valence-electron chi connectivity index (χ4n) is 5.50. The van der Waals surface area contributed by atoms with E-state index in [2.05, 4.69) is 5.32 Å². The first kappa shape index (κ1) is 33.0. The first-order valence-corrected chi connectivity index (χ1v) is 16.3. The summed E-state index contributed by atoms with van der Waals surface area (Å²) in [6.45, 7) is 6.77. The highest BCUT2D eigenvalue weighted by Crippen LogP contribution is 2.36. The Labute approximate surface area is 254 Å². The van der Waals surface area contributed by atoms with Gasteiger partial charge in [-0.05, 0) is 73.6 Å². The van der Waals surface area contributed by atoms with E-state index in [-0.39, 0.29) is 36.5 Å². The van der Waals surface area contributed by atoms with Crippen LogP contribution in [0.15, 0.2) is 47.4 Å². The van der Waals surface area contributed by atoms with Crippen molar-refractivity contribution in [3.8, 4) is 11.5 Å². The molecule has 12 heteroatoms. The Morgan fingerprint density at radius 3 is 2.63 bits per heavy atom. The van der Waals surface area contributed by atoms with Crippen molar-refractivity contribution >= 4 is 16.1 Å². The van der Waals surface area contributed by atoms with Gasteiger partial charge >= 0.3 is 6.09 Å². The average molecular weight is 621 g/mol. The molecule has 2 aliphatic rings. The largest absolute Gasteiger partial charge is 0.497 e. The molecule has 11 nitrogen and oxygen atoms in total. The minimum atomic E-state index is -3.72. The van der Waals surface area contributed by atoms with E-state index >= 15 is 0 Å². The molecule has 238 valence electrons. The van der Waals surface area contributed by atoms with Gasteiger partial charge in [-0.2, -0.15) is 4.31 Å². The molecule has 0 saturated carbocycles. The van der Waals surface area contributed by atoms with Gasteiger partial charge in [0.05, 0.1) is 31.8 Å². The molecular weight excluding hydrogens is 576 g/mol. The molecule has 2 aliphatic heterocycles. The van der Waals surface area contributed by atoms with Crippen LogP contribution in [0.25, 0.3) is 0 Å². The van der Waals surface area contributed by atoms with Crippen molar-refractivity contribution in [1.82, 2.24) is 9.62 Å². The highest BCUT2D eigenvalue weighted by molar-refractivity contribution is 7.89. The highest BCUT2D eigenvalue weighted by atomic mass is 32.2. The second-order valence-electron chi connectivity index (χ2n) is 10.9. The summed E-state index contributed by atoms with van der Waals surface area (Å²) in [6, 6.07) is 12.2. The van der Waals surface area contributed by atoms with Crippen LogP contribution >= 0.6 is 0 Å². The van der Waals surface area contributed by atoms with E-state index in [0.29, 0.717) is 63.7 Å². The van der Waals surface area contributed by atoms with Gasteiger partial charge in [0.2, 0.25) is 10.0 Å². The van der Waals surface area contributed by atoms with E-state index < -0.39 is 28.3 Å². The van der Waals surface area contributed by atoms with Crippen molar-refractivity contribution in [2.24, 2.45) is 5.92 Å². The molecular formula is C31H44N2O9S. The number of nitrogens with zero attached hydrogens (tertiary/aromatic N) is 1. The van der Waals surface area contributed by atoms with Crippen LogP contribution in [0, 0.1) is 5.92 Å². The maximum atomic E-state index is 13.6. The van der Waals surface area contributed by atoms with Gasteiger partial charge in [-0.3, -0.25) is 0 Å². The van der Waals surface area contributed by atoms with Crippen LogP contribution in [0.5, 0.6) is 11.5 Å². The van der Waals surface area contributed by atoms with E-state index in [4.69, 9.17) is 23.7 Å². The van der Waals surface area contributed by atoms with Gasteiger partial charge in [0, 0.05) is 38.3 Å². The number of benzene rings is 2. The molecule has 0 aliphatic carbocycles. The molecule has 2 aromatic carbocycles. The number of carbonyl (C=O) groups excluding carboxylic acids is 1. The van der Waals surface area contributed by atoms with Crippen LogP contribution in [0.3, 0.4) is 0 Å². The summed E-state index contributed by atoms with van der Waals surface area (Å²) in [4.78, 5) is 13.3. The van der Waals surface area contributed by atoms with Gasteiger partial charge in [0.25, 0.3) is 0 Å². The zero-order chi connectivity index (χ0) is 30.8. The Balaban J connectivity index is 1.44. The summed E-state index contributed by atoms with van der Waals surface area (Å²) in [5.41, 5.74) is 1.70. The summed E-state index contributed by atoms with van der Waals surface area (Å²) in [6.07, 6.45) is 0.288. The van der Waals surface area contributed by atoms with Gasteiger partial charge in [-0.15, -0.1) is 0 Å². The van der Waals surface area contributed by atoms with Gasteiger partial charge < -0.3 is 34.1 Å². The molecule has 1 amide bonds. The summed E-state index contributed by atoms with van der Waals surface area (Å²) >= 11 is 0. The Bertz CT molecular complexity index is 1290. The number of carbonyl (C=O) groups is 1. The number of rotatable bonds is 15. The van der Waals surface area contributed by atoms with Gasteiger partial charge in [0.15, 0.2) is 0 Å². The molecule has 0 aromatic heterocycles. The summed E-state index contributed by atoms with van der Waals surface area (Å²) in [5.74, 6) is 1.25. The fraction of sp³-hybridized carbons (Fsp3) is 0.581. The van der Waals surface area contributed by atoms with Crippen molar-refractivity contribution in [2.75, 3.05) is 59.8 Å². The smallest absolute Gasteiger partial charge is 0.407 e. The average Bonchev–Trinajstić information content (AvgIpc) is 3.43. The lowest BCUT2D eigenvalue weighted by Gasteiger charge is -2.33. The molecule has 43 heavy (non-hydrogen) atoms. The highest BCUT2D eigenvalue weighted by Gasteiger charge is 2.36. The van der Waals surface area contributed by atoms with Crippen LogP contribution in [-0.4, -0.2) is 95.9 Å². The lowest BCUT2D eigenvalue weighted by molar-refractivity contribution is 0.0646. The van der Waals surface area contributed by atoms with Crippen LogP contribution in [0.2, 0.25) is 0 Å². The van der Waals surface area contributed by atoms with E-state index in [1.54, 1.807) is 25.3 Å². The van der Waals surface area contributed by atoms with Crippen molar-refractivity contribution in [3.05, 3.63) is 53.6 Å². The SMILES string of the molecule is CCOCCOc1ccc(C[C@@H](CCN2CC(C)c3cc(OC)ccc3S2(=O)=O)NC(=O)OC2COC[C@H]2CCO)cc1. The number of sulfonamides is 1. The quantitative estimate of drug-likeness (QED) is 0.288. The van der Waals surface area contributed by atoms with Crippen LogP contribution < -0.4 is 14.8 Å². The topological polar surface area (TPSA) is 133 Å². The third-order valence-electron chi connectivity index (χ3n) is 7.90. The predicted molar refractivity (Wildman–Crippen MR) is 160 cm³/mol. The predicted octanol–water partition coefficient (Wildman–Crippen LogP) is 3.34. The Hall–Kier alpha value is -2.90. The molecule has 0 radical (unpaired) electrons. The lowest BCUT2D eigenvalue weighted by Crippen LogP contribution is -2.44. The van der Waals surface area contributed by atoms with Crippen molar-refractivity contribution in [2.45, 2.75) is 56.1 Å². The Kier molecular flexibility index (Phi) is 12.1. The first-order valence-electron chi connectivity index (χ1n) is 14.9. The van der Waals surface area contributed by atoms with Gasteiger partial charge in [-0.25, -0.2) is 13.2 Å². The minimum Gasteiger partial charge on any atom is -0.497 e. The molecule has 1 fully saturated rings. The lowest BCUT2D eigenvalue weighted by atomic mass is 10.00. The third-order valence-corrected chi connectivity index (χ3v) is 9.84. The molecule has 2 N–H and O–H groups in total. The van der Waals surface area contributed by atoms with E-state index in [9.17, 15) is 18.3 Å². The number of fused-ring (bicyclic) bond motifs is 1. The van der Waals surface area contributed by atoms with E-state index in [0.717, 1.165) is 11.1 Å². The summed E-state index contributed by atoms with van der Waals surface area (Å²) < 4.78 is 56.1.